The lowest BCUT2D eigenvalue weighted by Crippen LogP contribution is -2.45. The molecule has 1 aromatic carbocycles. The summed E-state index contributed by atoms with van der Waals surface area (Å²) in [5.41, 5.74) is 6.47. The van der Waals surface area contributed by atoms with Gasteiger partial charge in [0.25, 0.3) is 5.91 Å². The molecule has 24 heavy (non-hydrogen) atoms. The summed E-state index contributed by atoms with van der Waals surface area (Å²) >= 11 is 14.9. The summed E-state index contributed by atoms with van der Waals surface area (Å²) in [7, 11) is 0. The molecule has 0 aliphatic carbocycles. The molecule has 2 heterocycles. The maximum absolute atomic E-state index is 12.9. The molecule has 1 saturated heterocycles. The van der Waals surface area contributed by atoms with Crippen LogP contribution < -0.4 is 5.73 Å². The minimum absolute atomic E-state index is 0.297. The molecular weight excluding hydrogens is 389 g/mol. The molecule has 2 amide bonds. The summed E-state index contributed by atoms with van der Waals surface area (Å²) < 4.78 is 0. The average molecular weight is 402 g/mol. The Balaban J connectivity index is 2.01. The molecular formula is C15H13Cl2N3O2S2. The zero-order chi connectivity index (χ0) is 17.4. The van der Waals surface area contributed by atoms with Crippen molar-refractivity contribution in [3.8, 4) is 10.4 Å². The highest BCUT2D eigenvalue weighted by Gasteiger charge is 2.36. The van der Waals surface area contributed by atoms with Crippen molar-refractivity contribution in [2.75, 3.05) is 11.6 Å². The summed E-state index contributed by atoms with van der Waals surface area (Å²) in [6, 6.07) is 4.58. The lowest BCUT2D eigenvalue weighted by Gasteiger charge is -2.20. The second kappa shape index (κ2) is 6.92. The van der Waals surface area contributed by atoms with E-state index in [0.717, 1.165) is 10.6 Å². The minimum Gasteiger partial charge on any atom is -0.368 e. The van der Waals surface area contributed by atoms with E-state index >= 15 is 0 Å². The van der Waals surface area contributed by atoms with Crippen LogP contribution in [0.4, 0.5) is 0 Å². The number of amides is 2. The Kier molecular flexibility index (Phi) is 5.05. The molecule has 2 aromatic rings. The number of aryl methyl sites for hydroxylation is 1. The van der Waals surface area contributed by atoms with Crippen molar-refractivity contribution >= 4 is 58.1 Å². The molecule has 3 rings (SSSR count). The Bertz CT molecular complexity index is 825. The number of primary amides is 1. The first-order chi connectivity index (χ1) is 11.4. The number of hydrogen-bond donors (Lipinski definition) is 1. The first-order valence-corrected chi connectivity index (χ1v) is 9.72. The van der Waals surface area contributed by atoms with E-state index in [0.29, 0.717) is 32.2 Å². The Morgan fingerprint density at radius 2 is 2.08 bits per heavy atom. The summed E-state index contributed by atoms with van der Waals surface area (Å²) in [6.45, 7) is 1.83. The van der Waals surface area contributed by atoms with Gasteiger partial charge in [-0.25, -0.2) is 4.98 Å². The van der Waals surface area contributed by atoms with Crippen LogP contribution in [-0.4, -0.2) is 39.4 Å². The van der Waals surface area contributed by atoms with E-state index in [1.807, 2.05) is 6.92 Å². The fraction of sp³-hybridized carbons (Fsp3) is 0.267. The highest BCUT2D eigenvalue weighted by molar-refractivity contribution is 7.99. The third-order valence-corrected chi connectivity index (χ3v) is 6.36. The lowest BCUT2D eigenvalue weighted by molar-refractivity contribution is -0.121. The number of halogens is 2. The smallest absolute Gasteiger partial charge is 0.275 e. The average Bonchev–Trinajstić information content (AvgIpc) is 3.16. The SMILES string of the molecule is Cc1nc(C(=O)N2CSC[C@H]2C(N)=O)c(-c2ccc(Cl)c(Cl)c2)s1. The number of aromatic nitrogens is 1. The van der Waals surface area contributed by atoms with Gasteiger partial charge in [-0.2, -0.15) is 0 Å². The Hall–Kier alpha value is -1.28. The van der Waals surface area contributed by atoms with E-state index in [-0.39, 0.29) is 5.91 Å². The molecule has 1 aromatic heterocycles. The molecule has 0 saturated carbocycles. The molecule has 0 bridgehead atoms. The maximum Gasteiger partial charge on any atom is 0.275 e. The lowest BCUT2D eigenvalue weighted by atomic mass is 10.1. The highest BCUT2D eigenvalue weighted by atomic mass is 35.5. The summed E-state index contributed by atoms with van der Waals surface area (Å²) in [5, 5.41) is 1.60. The quantitative estimate of drug-likeness (QED) is 0.854. The third kappa shape index (κ3) is 3.26. The van der Waals surface area contributed by atoms with Crippen LogP contribution in [0.2, 0.25) is 10.0 Å². The zero-order valence-electron chi connectivity index (χ0n) is 12.6. The van der Waals surface area contributed by atoms with Crippen molar-refractivity contribution in [1.82, 2.24) is 9.88 Å². The van der Waals surface area contributed by atoms with Gasteiger partial charge >= 0.3 is 0 Å². The van der Waals surface area contributed by atoms with Gasteiger partial charge in [-0.3, -0.25) is 9.59 Å². The van der Waals surface area contributed by atoms with Gasteiger partial charge in [-0.05, 0) is 24.6 Å². The van der Waals surface area contributed by atoms with Crippen molar-refractivity contribution in [2.24, 2.45) is 5.73 Å². The van der Waals surface area contributed by atoms with Crippen LogP contribution in [0, 0.1) is 6.92 Å². The van der Waals surface area contributed by atoms with Gasteiger partial charge in [-0.1, -0.05) is 29.3 Å². The molecule has 0 unspecified atom stereocenters. The van der Waals surface area contributed by atoms with Crippen molar-refractivity contribution in [3.63, 3.8) is 0 Å². The fourth-order valence-electron chi connectivity index (χ4n) is 2.42. The minimum atomic E-state index is -0.605. The highest BCUT2D eigenvalue weighted by Crippen LogP contribution is 2.35. The Morgan fingerprint density at radius 3 is 2.75 bits per heavy atom. The van der Waals surface area contributed by atoms with Crippen LogP contribution in [0.25, 0.3) is 10.4 Å². The van der Waals surface area contributed by atoms with Crippen LogP contribution in [0.15, 0.2) is 18.2 Å². The molecule has 2 N–H and O–H groups in total. The Labute approximate surface area is 157 Å². The largest absolute Gasteiger partial charge is 0.368 e. The number of nitrogens with two attached hydrogens (primary N) is 1. The number of rotatable bonds is 3. The molecule has 1 fully saturated rings. The van der Waals surface area contributed by atoms with Crippen molar-refractivity contribution < 1.29 is 9.59 Å². The number of thioether (sulfide) groups is 1. The van der Waals surface area contributed by atoms with Crippen LogP contribution in [0.1, 0.15) is 15.5 Å². The molecule has 5 nitrogen and oxygen atoms in total. The normalized spacial score (nSPS) is 17.3. The Morgan fingerprint density at radius 1 is 1.33 bits per heavy atom. The van der Waals surface area contributed by atoms with Gasteiger partial charge in [0, 0.05) is 5.75 Å². The van der Waals surface area contributed by atoms with Gasteiger partial charge in [0.05, 0.1) is 25.8 Å². The fourth-order valence-corrected chi connectivity index (χ4v) is 4.79. The molecule has 126 valence electrons. The number of hydrogen-bond acceptors (Lipinski definition) is 5. The van der Waals surface area contributed by atoms with Crippen LogP contribution in [0.3, 0.4) is 0 Å². The first-order valence-electron chi connectivity index (χ1n) is 6.99. The van der Waals surface area contributed by atoms with Crippen LogP contribution in [-0.2, 0) is 4.79 Å². The summed E-state index contributed by atoms with van der Waals surface area (Å²) in [6.07, 6.45) is 0. The molecule has 9 heteroatoms. The summed E-state index contributed by atoms with van der Waals surface area (Å²) in [5.74, 6) is 0.126. The third-order valence-electron chi connectivity index (χ3n) is 3.59. The van der Waals surface area contributed by atoms with E-state index < -0.39 is 11.9 Å². The predicted octanol–water partition coefficient (Wildman–Crippen LogP) is 3.43. The summed E-state index contributed by atoms with van der Waals surface area (Å²) in [4.78, 5) is 31.0. The number of carbonyl (C=O) groups excluding carboxylic acids is 2. The van der Waals surface area contributed by atoms with Gasteiger partial charge in [-0.15, -0.1) is 23.1 Å². The zero-order valence-corrected chi connectivity index (χ0v) is 15.7. The predicted molar refractivity (Wildman–Crippen MR) is 98.8 cm³/mol. The standard InChI is InChI=1S/C15H13Cl2N3O2S2/c1-7-19-12(15(22)20-6-23-5-11(20)14(18)21)13(24-7)8-2-3-9(16)10(17)4-8/h2-4,11H,5-6H2,1H3,(H2,18,21)/t11-/m0/s1. The van der Waals surface area contributed by atoms with E-state index in [1.54, 1.807) is 18.2 Å². The molecule has 1 atom stereocenters. The second-order valence-corrected chi connectivity index (χ2v) is 8.25. The van der Waals surface area contributed by atoms with Crippen molar-refractivity contribution in [1.29, 1.82) is 0 Å². The van der Waals surface area contributed by atoms with E-state index in [9.17, 15) is 9.59 Å². The maximum atomic E-state index is 12.9. The number of carbonyl (C=O) groups is 2. The van der Waals surface area contributed by atoms with Crippen LogP contribution >= 0.6 is 46.3 Å². The number of thiazole rings is 1. The van der Waals surface area contributed by atoms with E-state index in [2.05, 4.69) is 4.98 Å². The van der Waals surface area contributed by atoms with Gasteiger partial charge in [0.15, 0.2) is 0 Å². The first kappa shape index (κ1) is 17.5. The number of nitrogens with zero attached hydrogens (tertiary/aromatic N) is 2. The van der Waals surface area contributed by atoms with E-state index in [1.165, 1.54) is 28.0 Å². The molecule has 1 aliphatic heterocycles. The van der Waals surface area contributed by atoms with E-state index in [4.69, 9.17) is 28.9 Å². The molecule has 1 aliphatic rings. The van der Waals surface area contributed by atoms with Crippen LogP contribution in [0.5, 0.6) is 0 Å². The van der Waals surface area contributed by atoms with Crippen molar-refractivity contribution in [2.45, 2.75) is 13.0 Å². The second-order valence-electron chi connectivity index (χ2n) is 5.23. The van der Waals surface area contributed by atoms with Gasteiger partial charge in [0.1, 0.15) is 11.7 Å². The van der Waals surface area contributed by atoms with Gasteiger partial charge in [0.2, 0.25) is 5.91 Å². The number of benzene rings is 1. The topological polar surface area (TPSA) is 76.3 Å². The van der Waals surface area contributed by atoms with Crippen molar-refractivity contribution in [3.05, 3.63) is 38.9 Å². The van der Waals surface area contributed by atoms with Gasteiger partial charge < -0.3 is 10.6 Å². The monoisotopic (exact) mass is 401 g/mol. The molecule has 0 spiro atoms. The molecule has 0 radical (unpaired) electrons.